The first-order valence-corrected chi connectivity index (χ1v) is 5.96. The maximum absolute atomic E-state index is 9.81. The van der Waals surface area contributed by atoms with Crippen molar-refractivity contribution in [1.29, 1.82) is 0 Å². The molecule has 1 aromatic carbocycles. The number of aryl methyl sites for hydroxylation is 3. The summed E-state index contributed by atoms with van der Waals surface area (Å²) in [6.45, 7) is 8.34. The highest BCUT2D eigenvalue weighted by molar-refractivity contribution is 5.40. The van der Waals surface area contributed by atoms with E-state index in [9.17, 15) is 5.11 Å². The van der Waals surface area contributed by atoms with E-state index in [0.29, 0.717) is 0 Å². The third kappa shape index (κ3) is 2.60. The fraction of sp³-hybridized carbons (Fsp3) is 0.571. The van der Waals surface area contributed by atoms with Crippen molar-refractivity contribution in [2.75, 3.05) is 0 Å². The van der Waals surface area contributed by atoms with Gasteiger partial charge in [-0.05, 0) is 48.4 Å². The molecular weight excluding hydrogens is 184 g/mol. The summed E-state index contributed by atoms with van der Waals surface area (Å²) >= 11 is 0. The highest BCUT2D eigenvalue weighted by atomic mass is 16.3. The Morgan fingerprint density at radius 3 is 1.73 bits per heavy atom. The minimum atomic E-state index is -0.346. The summed E-state index contributed by atoms with van der Waals surface area (Å²) < 4.78 is 0. The molecule has 1 rings (SSSR count). The number of aliphatic hydroxyl groups is 1. The van der Waals surface area contributed by atoms with Gasteiger partial charge >= 0.3 is 0 Å². The molecule has 84 valence electrons. The average molecular weight is 206 g/mol. The zero-order chi connectivity index (χ0) is 11.4. The van der Waals surface area contributed by atoms with Gasteiger partial charge in [0.2, 0.25) is 0 Å². The Labute approximate surface area is 93.1 Å². The van der Waals surface area contributed by atoms with Gasteiger partial charge in [-0.2, -0.15) is 0 Å². The van der Waals surface area contributed by atoms with E-state index >= 15 is 0 Å². The van der Waals surface area contributed by atoms with E-state index in [1.54, 1.807) is 0 Å². The molecule has 0 spiro atoms. The largest absolute Gasteiger partial charge is 0.389 e. The summed E-state index contributed by atoms with van der Waals surface area (Å²) in [6.07, 6.45) is 2.73. The van der Waals surface area contributed by atoms with E-state index in [1.165, 1.54) is 16.7 Å². The second kappa shape index (κ2) is 5.32. The number of rotatable bonds is 4. The van der Waals surface area contributed by atoms with Crippen molar-refractivity contribution in [3.63, 3.8) is 0 Å². The van der Waals surface area contributed by atoms with Crippen LogP contribution in [0.1, 0.15) is 56.1 Å². The van der Waals surface area contributed by atoms with Gasteiger partial charge in [0.25, 0.3) is 0 Å². The van der Waals surface area contributed by atoms with Crippen LogP contribution in [0.15, 0.2) is 12.1 Å². The molecule has 1 aromatic rings. The zero-order valence-corrected chi connectivity index (χ0v) is 10.3. The fourth-order valence-electron chi connectivity index (χ4n) is 2.18. The molecule has 1 nitrogen and oxygen atoms in total. The molecule has 1 atom stereocenters. The van der Waals surface area contributed by atoms with Crippen LogP contribution in [0, 0.1) is 0 Å². The lowest BCUT2D eigenvalue weighted by Gasteiger charge is -2.17. The quantitative estimate of drug-likeness (QED) is 0.800. The van der Waals surface area contributed by atoms with E-state index < -0.39 is 0 Å². The molecule has 1 N–H and O–H groups in total. The van der Waals surface area contributed by atoms with Crippen molar-refractivity contribution in [3.05, 3.63) is 34.4 Å². The van der Waals surface area contributed by atoms with E-state index in [2.05, 4.69) is 32.9 Å². The summed E-state index contributed by atoms with van der Waals surface area (Å²) in [4.78, 5) is 0. The monoisotopic (exact) mass is 206 g/mol. The first kappa shape index (κ1) is 12.3. The van der Waals surface area contributed by atoms with Gasteiger partial charge in [0, 0.05) is 0 Å². The lowest BCUT2D eigenvalue weighted by Crippen LogP contribution is -2.04. The maximum atomic E-state index is 9.81. The standard InChI is InChI=1S/C14H22O/c1-5-11-8-12(6-2)14(10(4)15)13(7-3)9-11/h8-10,15H,5-7H2,1-4H3/t10-/m1/s1. The third-order valence-electron chi connectivity index (χ3n) is 3.00. The summed E-state index contributed by atoms with van der Waals surface area (Å²) in [5.74, 6) is 0. The molecule has 0 aliphatic heterocycles. The van der Waals surface area contributed by atoms with Gasteiger partial charge in [-0.3, -0.25) is 0 Å². The molecule has 0 aromatic heterocycles. The smallest absolute Gasteiger partial charge is 0.0767 e. The van der Waals surface area contributed by atoms with Crippen LogP contribution in [0.2, 0.25) is 0 Å². The Morgan fingerprint density at radius 1 is 1.00 bits per heavy atom. The Bertz CT molecular complexity index is 301. The highest BCUT2D eigenvalue weighted by Crippen LogP contribution is 2.25. The topological polar surface area (TPSA) is 20.2 Å². The Hall–Kier alpha value is -0.820. The van der Waals surface area contributed by atoms with Crippen molar-refractivity contribution in [2.45, 2.75) is 53.1 Å². The fourth-order valence-corrected chi connectivity index (χ4v) is 2.18. The molecule has 0 saturated carbocycles. The minimum Gasteiger partial charge on any atom is -0.389 e. The lowest BCUT2D eigenvalue weighted by atomic mass is 9.91. The summed E-state index contributed by atoms with van der Waals surface area (Å²) in [6, 6.07) is 4.47. The van der Waals surface area contributed by atoms with Gasteiger partial charge in [0.05, 0.1) is 6.10 Å². The number of benzene rings is 1. The summed E-state index contributed by atoms with van der Waals surface area (Å²) in [5.41, 5.74) is 5.15. The molecule has 0 saturated heterocycles. The van der Waals surface area contributed by atoms with Crippen molar-refractivity contribution in [3.8, 4) is 0 Å². The number of hydrogen-bond donors (Lipinski definition) is 1. The zero-order valence-electron chi connectivity index (χ0n) is 10.3. The molecule has 0 aliphatic carbocycles. The van der Waals surface area contributed by atoms with Crippen LogP contribution in [0.5, 0.6) is 0 Å². The molecule has 0 aliphatic rings. The Morgan fingerprint density at radius 2 is 1.47 bits per heavy atom. The van der Waals surface area contributed by atoms with Crippen LogP contribution in [0.25, 0.3) is 0 Å². The number of hydrogen-bond acceptors (Lipinski definition) is 1. The lowest BCUT2D eigenvalue weighted by molar-refractivity contribution is 0.197. The van der Waals surface area contributed by atoms with Gasteiger partial charge in [-0.25, -0.2) is 0 Å². The SMILES string of the molecule is CCc1cc(CC)c([C@@H](C)O)c(CC)c1. The minimum absolute atomic E-state index is 0.346. The van der Waals surface area contributed by atoms with Crippen LogP contribution >= 0.6 is 0 Å². The van der Waals surface area contributed by atoms with Gasteiger partial charge in [0.15, 0.2) is 0 Å². The molecule has 0 fully saturated rings. The maximum Gasteiger partial charge on any atom is 0.0767 e. The highest BCUT2D eigenvalue weighted by Gasteiger charge is 2.12. The average Bonchev–Trinajstić information content (AvgIpc) is 2.26. The molecular formula is C14H22O. The Balaban J connectivity index is 3.32. The second-order valence-corrected chi connectivity index (χ2v) is 4.06. The van der Waals surface area contributed by atoms with E-state index in [0.717, 1.165) is 24.8 Å². The van der Waals surface area contributed by atoms with Crippen LogP contribution in [-0.2, 0) is 19.3 Å². The molecule has 0 bridgehead atoms. The van der Waals surface area contributed by atoms with Crippen LogP contribution in [0.3, 0.4) is 0 Å². The third-order valence-corrected chi connectivity index (χ3v) is 3.00. The van der Waals surface area contributed by atoms with Gasteiger partial charge in [0.1, 0.15) is 0 Å². The molecule has 15 heavy (non-hydrogen) atoms. The predicted molar refractivity (Wildman–Crippen MR) is 65.2 cm³/mol. The second-order valence-electron chi connectivity index (χ2n) is 4.06. The van der Waals surface area contributed by atoms with Gasteiger partial charge in [-0.1, -0.05) is 32.9 Å². The normalized spacial score (nSPS) is 12.9. The van der Waals surface area contributed by atoms with Crippen molar-refractivity contribution < 1.29 is 5.11 Å². The van der Waals surface area contributed by atoms with E-state index in [-0.39, 0.29) is 6.10 Å². The van der Waals surface area contributed by atoms with Crippen LogP contribution in [0.4, 0.5) is 0 Å². The number of aliphatic hydroxyl groups excluding tert-OH is 1. The first-order chi connectivity index (χ1) is 7.13. The van der Waals surface area contributed by atoms with E-state index in [1.807, 2.05) is 6.92 Å². The summed E-state index contributed by atoms with van der Waals surface area (Å²) in [7, 11) is 0. The molecule has 0 radical (unpaired) electrons. The van der Waals surface area contributed by atoms with Gasteiger partial charge < -0.3 is 5.11 Å². The molecule has 0 heterocycles. The Kier molecular flexibility index (Phi) is 4.34. The van der Waals surface area contributed by atoms with Crippen LogP contribution < -0.4 is 0 Å². The van der Waals surface area contributed by atoms with Crippen molar-refractivity contribution >= 4 is 0 Å². The van der Waals surface area contributed by atoms with Crippen LogP contribution in [-0.4, -0.2) is 5.11 Å². The predicted octanol–water partition coefficient (Wildman–Crippen LogP) is 3.43. The van der Waals surface area contributed by atoms with Gasteiger partial charge in [-0.15, -0.1) is 0 Å². The summed E-state index contributed by atoms with van der Waals surface area (Å²) in [5, 5.41) is 9.81. The molecule has 1 heteroatoms. The molecule has 0 amide bonds. The van der Waals surface area contributed by atoms with Crippen molar-refractivity contribution in [1.82, 2.24) is 0 Å². The molecule has 0 unspecified atom stereocenters. The van der Waals surface area contributed by atoms with E-state index in [4.69, 9.17) is 0 Å². The first-order valence-electron chi connectivity index (χ1n) is 5.96. The van der Waals surface area contributed by atoms with Crippen molar-refractivity contribution in [2.24, 2.45) is 0 Å².